The Morgan fingerprint density at radius 1 is 0.929 bits per heavy atom. The Hall–Kier alpha value is -1.14. The van der Waals surface area contributed by atoms with Gasteiger partial charge in [-0.2, -0.15) is 0 Å². The van der Waals surface area contributed by atoms with Gasteiger partial charge in [-0.15, -0.1) is 12.4 Å². The maximum absolute atomic E-state index is 12.7. The molecule has 1 N–H and O–H groups in total. The van der Waals surface area contributed by atoms with E-state index in [1.165, 1.54) is 0 Å². The molecule has 0 saturated carbocycles. The molecule has 0 bridgehead atoms. The first-order valence-corrected chi connectivity index (χ1v) is 10.4. The number of carbonyl (C=O) groups is 1. The first-order chi connectivity index (χ1) is 12.9. The Morgan fingerprint density at radius 2 is 1.36 bits per heavy atom. The monoisotopic (exact) mass is 412 g/mol. The summed E-state index contributed by atoms with van der Waals surface area (Å²) in [4.78, 5) is 19.8. The summed E-state index contributed by atoms with van der Waals surface area (Å²) in [5.74, 6) is 0.0546. The molecule has 0 aliphatic carbocycles. The summed E-state index contributed by atoms with van der Waals surface area (Å²) in [5.41, 5.74) is 3.16. The van der Waals surface area contributed by atoms with Gasteiger partial charge in [0.05, 0.1) is 6.54 Å². The third kappa shape index (κ3) is 8.48. The molecule has 0 fully saturated rings. The van der Waals surface area contributed by atoms with Crippen LogP contribution in [-0.4, -0.2) is 79.5 Å². The Bertz CT molecular complexity index is 539. The van der Waals surface area contributed by atoms with Crippen molar-refractivity contribution < 1.29 is 4.79 Å². The Kier molecular flexibility index (Phi) is 13.4. The Morgan fingerprint density at radius 3 is 1.75 bits per heavy atom. The smallest absolute Gasteiger partial charge is 0.238 e. The minimum Gasteiger partial charge on any atom is -0.324 e. The lowest BCUT2D eigenvalue weighted by atomic mass is 10.1. The van der Waals surface area contributed by atoms with Gasteiger partial charge in [0.15, 0.2) is 0 Å². The average molecular weight is 413 g/mol. The zero-order valence-corrected chi connectivity index (χ0v) is 19.7. The molecular formula is C22H41ClN4O. The number of rotatable bonds is 12. The van der Waals surface area contributed by atoms with E-state index in [0.717, 1.165) is 56.1 Å². The second-order valence-electron chi connectivity index (χ2n) is 7.36. The molecule has 1 amide bonds. The number of carbonyl (C=O) groups excluding carboxylic acids is 1. The number of nitrogens with one attached hydrogen (secondary N) is 1. The quantitative estimate of drug-likeness (QED) is 0.568. The molecule has 1 aromatic rings. The molecule has 0 aromatic heterocycles. The lowest BCUT2D eigenvalue weighted by molar-refractivity contribution is -0.117. The predicted octanol–water partition coefficient (Wildman–Crippen LogP) is 3.65. The normalized spacial score (nSPS) is 11.4. The van der Waals surface area contributed by atoms with E-state index in [9.17, 15) is 4.79 Å². The van der Waals surface area contributed by atoms with Crippen LogP contribution in [0.15, 0.2) is 18.2 Å². The lowest BCUT2D eigenvalue weighted by Gasteiger charge is -2.35. The molecule has 0 aliphatic heterocycles. The number of anilines is 1. The molecule has 0 atom stereocenters. The largest absolute Gasteiger partial charge is 0.324 e. The van der Waals surface area contributed by atoms with Crippen LogP contribution in [0.3, 0.4) is 0 Å². The second kappa shape index (κ2) is 13.9. The number of hydrogen-bond donors (Lipinski definition) is 1. The minimum atomic E-state index is 0. The highest BCUT2D eigenvalue weighted by atomic mass is 35.5. The summed E-state index contributed by atoms with van der Waals surface area (Å²) in [6.07, 6.45) is 0. The maximum atomic E-state index is 12.7. The van der Waals surface area contributed by atoms with Crippen LogP contribution in [0.25, 0.3) is 0 Å². The molecule has 162 valence electrons. The van der Waals surface area contributed by atoms with Gasteiger partial charge in [-0.1, -0.05) is 45.9 Å². The van der Waals surface area contributed by atoms with E-state index in [1.54, 1.807) is 0 Å². The number of aryl methyl sites for hydroxylation is 2. The van der Waals surface area contributed by atoms with Gasteiger partial charge in [0.2, 0.25) is 5.91 Å². The molecule has 1 rings (SSSR count). The van der Waals surface area contributed by atoms with Crippen molar-refractivity contribution in [3.05, 3.63) is 29.3 Å². The first kappa shape index (κ1) is 26.9. The number of benzene rings is 1. The predicted molar refractivity (Wildman–Crippen MR) is 124 cm³/mol. The molecule has 0 saturated heterocycles. The van der Waals surface area contributed by atoms with Crippen LogP contribution in [0.5, 0.6) is 0 Å². The maximum Gasteiger partial charge on any atom is 0.238 e. The van der Waals surface area contributed by atoms with E-state index in [-0.39, 0.29) is 18.3 Å². The fourth-order valence-corrected chi connectivity index (χ4v) is 3.44. The van der Waals surface area contributed by atoms with Gasteiger partial charge in [0.1, 0.15) is 0 Å². The zero-order valence-electron chi connectivity index (χ0n) is 18.9. The topological polar surface area (TPSA) is 38.8 Å². The van der Waals surface area contributed by atoms with Crippen molar-refractivity contribution in [3.63, 3.8) is 0 Å². The highest BCUT2D eigenvalue weighted by Gasteiger charge is 2.22. The zero-order chi connectivity index (χ0) is 20.4. The number of nitrogens with zero attached hydrogens (tertiary/aromatic N) is 3. The van der Waals surface area contributed by atoms with Crippen molar-refractivity contribution in [2.45, 2.75) is 47.6 Å². The minimum absolute atomic E-state index is 0. The van der Waals surface area contributed by atoms with E-state index in [2.05, 4.69) is 54.8 Å². The van der Waals surface area contributed by atoms with Crippen molar-refractivity contribution in [2.75, 3.05) is 58.2 Å². The van der Waals surface area contributed by atoms with Crippen LogP contribution in [0, 0.1) is 13.8 Å². The van der Waals surface area contributed by atoms with E-state index >= 15 is 0 Å². The highest BCUT2D eigenvalue weighted by molar-refractivity contribution is 5.93. The molecule has 28 heavy (non-hydrogen) atoms. The van der Waals surface area contributed by atoms with Gasteiger partial charge >= 0.3 is 0 Å². The van der Waals surface area contributed by atoms with Crippen LogP contribution >= 0.6 is 12.4 Å². The number of para-hydroxylation sites is 1. The van der Waals surface area contributed by atoms with Gasteiger partial charge in [0.25, 0.3) is 0 Å². The van der Waals surface area contributed by atoms with Crippen LogP contribution in [-0.2, 0) is 4.79 Å². The average Bonchev–Trinajstić information content (AvgIpc) is 2.65. The van der Waals surface area contributed by atoms with Gasteiger partial charge < -0.3 is 15.1 Å². The van der Waals surface area contributed by atoms with Crippen molar-refractivity contribution >= 4 is 24.0 Å². The molecule has 0 aliphatic rings. The summed E-state index contributed by atoms with van der Waals surface area (Å²) < 4.78 is 0. The summed E-state index contributed by atoms with van der Waals surface area (Å²) in [7, 11) is 2.07. The fraction of sp³-hybridized carbons (Fsp3) is 0.682. The summed E-state index contributed by atoms with van der Waals surface area (Å²) >= 11 is 0. The summed E-state index contributed by atoms with van der Waals surface area (Å²) in [5, 5.41) is 3.12. The van der Waals surface area contributed by atoms with Crippen LogP contribution in [0.4, 0.5) is 5.69 Å². The van der Waals surface area contributed by atoms with Crippen LogP contribution < -0.4 is 5.32 Å². The van der Waals surface area contributed by atoms with Crippen molar-refractivity contribution in [2.24, 2.45) is 0 Å². The fourth-order valence-electron chi connectivity index (χ4n) is 3.44. The molecule has 1 aromatic carbocycles. The Balaban J connectivity index is 0.00000729. The SMILES string of the molecule is CCN(CC)CC(CN(CC)CC)N(C)CC(=O)Nc1c(C)cccc1C.Cl. The van der Waals surface area contributed by atoms with E-state index in [4.69, 9.17) is 0 Å². The number of amides is 1. The van der Waals surface area contributed by atoms with Gasteiger partial charge in [0, 0.05) is 24.8 Å². The third-order valence-electron chi connectivity index (χ3n) is 5.49. The van der Waals surface area contributed by atoms with Crippen LogP contribution in [0.2, 0.25) is 0 Å². The first-order valence-electron chi connectivity index (χ1n) is 10.4. The van der Waals surface area contributed by atoms with Crippen molar-refractivity contribution in [1.82, 2.24) is 14.7 Å². The molecule has 0 radical (unpaired) electrons. The van der Waals surface area contributed by atoms with Gasteiger partial charge in [-0.3, -0.25) is 9.69 Å². The van der Waals surface area contributed by atoms with E-state index in [1.807, 2.05) is 32.0 Å². The molecule has 0 unspecified atom stereocenters. The highest BCUT2D eigenvalue weighted by Crippen LogP contribution is 2.19. The third-order valence-corrected chi connectivity index (χ3v) is 5.49. The van der Waals surface area contributed by atoms with Crippen molar-refractivity contribution in [1.29, 1.82) is 0 Å². The molecule has 6 heteroatoms. The van der Waals surface area contributed by atoms with Gasteiger partial charge in [-0.05, 0) is 58.2 Å². The Labute approximate surface area is 178 Å². The standard InChI is InChI=1S/C22H40N4O.ClH/c1-8-25(9-2)15-20(16-26(10-3)11-4)24(7)17-21(27)23-22-18(5)13-12-14-19(22)6;/h12-14,20H,8-11,15-17H2,1-7H3,(H,23,27);1H. The van der Waals surface area contributed by atoms with Crippen LogP contribution in [0.1, 0.15) is 38.8 Å². The number of hydrogen-bond acceptors (Lipinski definition) is 4. The van der Waals surface area contributed by atoms with E-state index < -0.39 is 0 Å². The van der Waals surface area contributed by atoms with Crippen molar-refractivity contribution in [3.8, 4) is 0 Å². The molecular weight excluding hydrogens is 372 g/mol. The molecule has 5 nitrogen and oxygen atoms in total. The summed E-state index contributed by atoms with van der Waals surface area (Å²) in [6.45, 7) is 19.4. The number of halogens is 1. The van der Waals surface area contributed by atoms with Gasteiger partial charge in [-0.25, -0.2) is 0 Å². The van der Waals surface area contributed by atoms with E-state index in [0.29, 0.717) is 12.6 Å². The molecule has 0 heterocycles. The lowest BCUT2D eigenvalue weighted by Crippen LogP contribution is -2.50. The summed E-state index contributed by atoms with van der Waals surface area (Å²) in [6, 6.07) is 6.43. The second-order valence-corrected chi connectivity index (χ2v) is 7.36. The molecule has 0 spiro atoms. The number of likely N-dealkylation sites (N-methyl/N-ethyl adjacent to an activating group) is 3.